The minimum absolute atomic E-state index is 0.0593. The van der Waals surface area contributed by atoms with Crippen LogP contribution in [0.1, 0.15) is 329 Å². The van der Waals surface area contributed by atoms with Gasteiger partial charge in [0.1, 0.15) is 18.8 Å². The molecule has 0 bridgehead atoms. The maximum absolute atomic E-state index is 13.2. The van der Waals surface area contributed by atoms with E-state index in [0.717, 1.165) is 89.9 Å². The molecule has 0 aromatic carbocycles. The number of aliphatic hydroxyl groups is 2. The Kier molecular flexibility index (Phi) is 52.3. The van der Waals surface area contributed by atoms with Crippen LogP contribution in [0.4, 0.5) is 0 Å². The van der Waals surface area contributed by atoms with Crippen molar-refractivity contribution in [3.8, 4) is 0 Å². The first kappa shape index (κ1) is 74.2. The third kappa shape index (κ3) is 45.4. The first-order valence-corrected chi connectivity index (χ1v) is 33.3. The number of rotatable bonds is 58. The molecule has 1 aliphatic rings. The first-order chi connectivity index (χ1) is 38.6. The standard InChI is InChI=1S/C67H122O12/c1-4-7-10-13-16-19-22-25-27-29-30-32-33-36-38-41-44-47-50-53-59(68)75-56-58(77-60(69)54-51-48-45-42-39-35-24-21-18-15-12-9-6-3)57-76-67-65(63(72)62(71)64(79-67)66(73)74)78-61(70)55-52-49-46-43-40-37-34-31-28-26-23-20-17-14-11-8-5-2/h21,24,26,28,58,62-65,67,71-72H,4-20,22-23,25,27,29-57H2,1-3H3,(H,73,74)/b24-21-,28-26-. The zero-order chi connectivity index (χ0) is 57.5. The van der Waals surface area contributed by atoms with Crippen LogP contribution >= 0.6 is 0 Å². The number of aliphatic hydroxyl groups excluding tert-OH is 2. The van der Waals surface area contributed by atoms with Gasteiger partial charge in [-0.1, -0.05) is 263 Å². The first-order valence-electron chi connectivity index (χ1n) is 33.3. The fourth-order valence-electron chi connectivity index (χ4n) is 10.4. The Labute approximate surface area is 483 Å². The van der Waals surface area contributed by atoms with Crippen LogP contribution in [0.25, 0.3) is 0 Å². The summed E-state index contributed by atoms with van der Waals surface area (Å²) >= 11 is 0. The van der Waals surface area contributed by atoms with Crippen LogP contribution in [0.15, 0.2) is 24.3 Å². The molecule has 6 atom stereocenters. The quantitative estimate of drug-likeness (QED) is 0.0228. The molecule has 0 aromatic rings. The maximum atomic E-state index is 13.2. The Bertz CT molecular complexity index is 1470. The number of carboxylic acid groups (broad SMARTS) is 1. The van der Waals surface area contributed by atoms with E-state index >= 15 is 0 Å². The lowest BCUT2D eigenvalue weighted by molar-refractivity contribution is -0.301. The van der Waals surface area contributed by atoms with Crippen molar-refractivity contribution in [3.63, 3.8) is 0 Å². The van der Waals surface area contributed by atoms with Crippen LogP contribution in [0.3, 0.4) is 0 Å². The Morgan fingerprint density at radius 1 is 0.405 bits per heavy atom. The summed E-state index contributed by atoms with van der Waals surface area (Å²) in [6, 6.07) is 0. The lowest BCUT2D eigenvalue weighted by Gasteiger charge is -2.40. The SMILES string of the molecule is CCCCCC/C=C\CCCCCCCC(=O)OC(COC(=O)CCCCCCCCCCCCCCCCCCCCC)COC1OC(C(=O)O)C(O)C(O)C1OC(=O)CCCCCCCCC/C=C\CCCCCCCC. The van der Waals surface area contributed by atoms with Gasteiger partial charge >= 0.3 is 23.9 Å². The van der Waals surface area contributed by atoms with E-state index in [0.29, 0.717) is 19.3 Å². The van der Waals surface area contributed by atoms with Crippen molar-refractivity contribution in [2.24, 2.45) is 0 Å². The van der Waals surface area contributed by atoms with Gasteiger partial charge in [0, 0.05) is 19.3 Å². The van der Waals surface area contributed by atoms with Gasteiger partial charge in [-0.2, -0.15) is 0 Å². The summed E-state index contributed by atoms with van der Waals surface area (Å²) in [6.07, 6.45) is 52.8. The van der Waals surface area contributed by atoms with E-state index in [-0.39, 0.29) is 25.9 Å². The monoisotopic (exact) mass is 1120 g/mol. The number of hydrogen-bond acceptors (Lipinski definition) is 11. The normalized spacial score (nSPS) is 17.9. The average Bonchev–Trinajstić information content (AvgIpc) is 3.44. The molecule has 0 saturated carbocycles. The summed E-state index contributed by atoms with van der Waals surface area (Å²) in [6.45, 7) is 6.02. The van der Waals surface area contributed by atoms with E-state index in [2.05, 4.69) is 45.1 Å². The number of carboxylic acids is 1. The van der Waals surface area contributed by atoms with E-state index in [1.165, 1.54) is 180 Å². The summed E-state index contributed by atoms with van der Waals surface area (Å²) in [5, 5.41) is 31.6. The molecule has 79 heavy (non-hydrogen) atoms. The molecule has 1 aliphatic heterocycles. The second-order valence-electron chi connectivity index (χ2n) is 23.1. The molecule has 12 nitrogen and oxygen atoms in total. The molecule has 0 aliphatic carbocycles. The molecule has 0 aromatic heterocycles. The minimum atomic E-state index is -1.90. The minimum Gasteiger partial charge on any atom is -0.479 e. The van der Waals surface area contributed by atoms with Gasteiger partial charge in [0.25, 0.3) is 0 Å². The molecule has 1 saturated heterocycles. The van der Waals surface area contributed by atoms with Crippen LogP contribution in [-0.4, -0.2) is 89.2 Å². The van der Waals surface area contributed by atoms with Crippen LogP contribution in [0.2, 0.25) is 0 Å². The number of carbonyl (C=O) groups excluding carboxylic acids is 3. The molecule has 6 unspecified atom stereocenters. The van der Waals surface area contributed by atoms with Gasteiger partial charge in [0.2, 0.25) is 0 Å². The summed E-state index contributed by atoms with van der Waals surface area (Å²) < 4.78 is 28.5. The van der Waals surface area contributed by atoms with E-state index in [1.807, 2.05) is 0 Å². The number of unbranched alkanes of at least 4 members (excludes halogenated alkanes) is 40. The Balaban J connectivity index is 2.62. The van der Waals surface area contributed by atoms with E-state index < -0.39 is 67.3 Å². The van der Waals surface area contributed by atoms with Gasteiger partial charge in [-0.15, -0.1) is 0 Å². The molecule has 1 fully saturated rings. The fraction of sp³-hybridized carbons (Fsp3) is 0.881. The van der Waals surface area contributed by atoms with Crippen molar-refractivity contribution in [1.82, 2.24) is 0 Å². The van der Waals surface area contributed by atoms with Crippen molar-refractivity contribution in [2.45, 2.75) is 366 Å². The largest absolute Gasteiger partial charge is 0.479 e. The number of ether oxygens (including phenoxy) is 5. The zero-order valence-electron chi connectivity index (χ0n) is 51.1. The van der Waals surface area contributed by atoms with Crippen LogP contribution in [-0.2, 0) is 42.9 Å². The Hall–Kier alpha value is -2.80. The lowest BCUT2D eigenvalue weighted by atomic mass is 9.98. The Morgan fingerprint density at radius 3 is 1.09 bits per heavy atom. The predicted molar refractivity (Wildman–Crippen MR) is 322 cm³/mol. The van der Waals surface area contributed by atoms with Gasteiger partial charge in [-0.25, -0.2) is 4.79 Å². The highest BCUT2D eigenvalue weighted by Gasteiger charge is 2.50. The lowest BCUT2D eigenvalue weighted by Crippen LogP contribution is -2.61. The molecular weight excluding hydrogens is 997 g/mol. The molecule has 1 heterocycles. The second kappa shape index (κ2) is 55.7. The van der Waals surface area contributed by atoms with E-state index in [1.54, 1.807) is 0 Å². The van der Waals surface area contributed by atoms with Gasteiger partial charge in [-0.05, 0) is 70.6 Å². The maximum Gasteiger partial charge on any atom is 0.335 e. The highest BCUT2D eigenvalue weighted by molar-refractivity contribution is 5.74. The topological polar surface area (TPSA) is 175 Å². The summed E-state index contributed by atoms with van der Waals surface area (Å²) in [7, 11) is 0. The highest BCUT2D eigenvalue weighted by Crippen LogP contribution is 2.27. The van der Waals surface area contributed by atoms with Gasteiger partial charge < -0.3 is 39.0 Å². The summed E-state index contributed by atoms with van der Waals surface area (Å²) in [5.74, 6) is -3.10. The average molecular weight is 1120 g/mol. The molecule has 0 spiro atoms. The third-order valence-electron chi connectivity index (χ3n) is 15.5. The molecular formula is C67H122O12. The number of esters is 3. The van der Waals surface area contributed by atoms with Crippen molar-refractivity contribution in [3.05, 3.63) is 24.3 Å². The van der Waals surface area contributed by atoms with Crippen molar-refractivity contribution >= 4 is 23.9 Å². The molecule has 0 radical (unpaired) electrons. The Morgan fingerprint density at radius 2 is 0.722 bits per heavy atom. The van der Waals surface area contributed by atoms with Gasteiger partial charge in [0.15, 0.2) is 24.6 Å². The molecule has 0 amide bonds. The highest BCUT2D eigenvalue weighted by atomic mass is 16.7. The van der Waals surface area contributed by atoms with Gasteiger partial charge in [0.05, 0.1) is 6.61 Å². The smallest absolute Gasteiger partial charge is 0.335 e. The van der Waals surface area contributed by atoms with Crippen LogP contribution < -0.4 is 0 Å². The van der Waals surface area contributed by atoms with E-state index in [9.17, 15) is 34.5 Å². The second-order valence-corrected chi connectivity index (χ2v) is 23.1. The summed E-state index contributed by atoms with van der Waals surface area (Å²) in [4.78, 5) is 51.3. The van der Waals surface area contributed by atoms with E-state index in [4.69, 9.17) is 23.7 Å². The molecule has 1 rings (SSSR count). The fourth-order valence-corrected chi connectivity index (χ4v) is 10.4. The number of allylic oxidation sites excluding steroid dienone is 4. The van der Waals surface area contributed by atoms with Crippen molar-refractivity contribution < 1.29 is 58.2 Å². The molecule has 12 heteroatoms. The third-order valence-corrected chi connectivity index (χ3v) is 15.5. The molecule has 462 valence electrons. The number of carbonyl (C=O) groups is 4. The van der Waals surface area contributed by atoms with Crippen molar-refractivity contribution in [1.29, 1.82) is 0 Å². The zero-order valence-corrected chi connectivity index (χ0v) is 51.1. The van der Waals surface area contributed by atoms with Crippen LogP contribution in [0, 0.1) is 0 Å². The predicted octanol–water partition coefficient (Wildman–Crippen LogP) is 17.8. The molecule has 3 N–H and O–H groups in total. The number of aliphatic carboxylic acids is 1. The summed E-state index contributed by atoms with van der Waals surface area (Å²) in [5.41, 5.74) is 0. The van der Waals surface area contributed by atoms with Crippen LogP contribution in [0.5, 0.6) is 0 Å². The van der Waals surface area contributed by atoms with Crippen molar-refractivity contribution in [2.75, 3.05) is 13.2 Å². The van der Waals surface area contributed by atoms with Gasteiger partial charge in [-0.3, -0.25) is 14.4 Å². The number of hydrogen-bond donors (Lipinski definition) is 3.